The molecule has 1 atom stereocenters. The van der Waals surface area contributed by atoms with Crippen LogP contribution in [0.2, 0.25) is 0 Å². The molecule has 0 saturated heterocycles. The third-order valence-corrected chi connectivity index (χ3v) is 1.88. The number of nitrogens with two attached hydrogens (primary N) is 1. The molecule has 0 aliphatic carbocycles. The molecule has 2 aliphatic heterocycles. The van der Waals surface area contributed by atoms with Gasteiger partial charge in [-0.15, -0.1) is 0 Å². The van der Waals surface area contributed by atoms with Crippen LogP contribution >= 0.6 is 22.6 Å². The Kier molecular flexibility index (Phi) is 1.48. The molecule has 0 fully saturated rings. The Bertz CT molecular complexity index is 313. The number of rotatable bonds is 0. The molecule has 0 aromatic carbocycles. The lowest BCUT2D eigenvalue weighted by Crippen LogP contribution is -2.34. The second kappa shape index (κ2) is 2.36. The fourth-order valence-corrected chi connectivity index (χ4v) is 1.40. The van der Waals surface area contributed by atoms with E-state index in [4.69, 9.17) is 5.73 Å². The molecule has 2 rings (SSSR count). The Labute approximate surface area is 76.4 Å². The lowest BCUT2D eigenvalue weighted by Gasteiger charge is -2.07. The molecule has 2 heterocycles. The van der Waals surface area contributed by atoms with Gasteiger partial charge in [0.25, 0.3) is 0 Å². The topological polar surface area (TPSA) is 75.5 Å². The van der Waals surface area contributed by atoms with Gasteiger partial charge in [0.2, 0.25) is 0 Å². The van der Waals surface area contributed by atoms with E-state index < -0.39 is 0 Å². The number of nitrogens with zero attached hydrogens (tertiary/aromatic N) is 4. The van der Waals surface area contributed by atoms with Crippen molar-refractivity contribution in [3.05, 3.63) is 0 Å². The van der Waals surface area contributed by atoms with E-state index in [1.54, 1.807) is 0 Å². The largest absolute Gasteiger partial charge is 0.385 e. The maximum Gasteiger partial charge on any atom is 0.189 e. The molecule has 2 N–H and O–H groups in total. The van der Waals surface area contributed by atoms with Gasteiger partial charge < -0.3 is 5.73 Å². The molecule has 0 saturated carbocycles. The number of hydrogen-bond acceptors (Lipinski definition) is 5. The van der Waals surface area contributed by atoms with Crippen molar-refractivity contribution in [1.29, 1.82) is 0 Å². The fraction of sp³-hybridized carbons (Fsp3) is 0.200. The SMILES string of the molecule is NC1=NC=NC2=NC(I)=NC12. The molecule has 0 aromatic heterocycles. The van der Waals surface area contributed by atoms with Crippen molar-refractivity contribution < 1.29 is 0 Å². The average Bonchev–Trinajstić information content (AvgIpc) is 2.31. The minimum atomic E-state index is -0.230. The summed E-state index contributed by atoms with van der Waals surface area (Å²) in [5, 5.41) is 0. The first-order chi connectivity index (χ1) is 5.27. The number of halogens is 1. The lowest BCUT2D eigenvalue weighted by molar-refractivity contribution is 1.12. The first-order valence-corrected chi connectivity index (χ1v) is 4.03. The minimum absolute atomic E-state index is 0.230. The highest BCUT2D eigenvalue weighted by molar-refractivity contribution is 14.1. The predicted octanol–water partition coefficient (Wildman–Crippen LogP) is -0.0428. The summed E-state index contributed by atoms with van der Waals surface area (Å²) in [6.45, 7) is 0. The van der Waals surface area contributed by atoms with Gasteiger partial charge in [-0.1, -0.05) is 0 Å². The summed E-state index contributed by atoms with van der Waals surface area (Å²) in [7, 11) is 0. The van der Waals surface area contributed by atoms with Crippen LogP contribution in [-0.4, -0.2) is 27.9 Å². The molecule has 56 valence electrons. The smallest absolute Gasteiger partial charge is 0.189 e. The standard InChI is InChI=1S/C5H4IN5/c6-5-10-2-3(7)8-1-9-4(2)11-5/h1-2H,(H2,7,8,9,10,11). The van der Waals surface area contributed by atoms with Crippen molar-refractivity contribution in [1.82, 2.24) is 0 Å². The Morgan fingerprint density at radius 3 is 3.09 bits per heavy atom. The van der Waals surface area contributed by atoms with E-state index in [9.17, 15) is 0 Å². The molecule has 0 spiro atoms. The van der Waals surface area contributed by atoms with E-state index in [0.29, 0.717) is 15.5 Å². The minimum Gasteiger partial charge on any atom is -0.385 e. The summed E-state index contributed by atoms with van der Waals surface area (Å²) in [6.07, 6.45) is 1.40. The molecule has 5 nitrogen and oxygen atoms in total. The Morgan fingerprint density at radius 1 is 1.55 bits per heavy atom. The van der Waals surface area contributed by atoms with Crippen LogP contribution in [0.3, 0.4) is 0 Å². The Hall–Kier alpha value is -0.790. The van der Waals surface area contributed by atoms with Gasteiger partial charge >= 0.3 is 0 Å². The first kappa shape index (κ1) is 6.89. The molecule has 0 radical (unpaired) electrons. The van der Waals surface area contributed by atoms with Crippen LogP contribution in [0.25, 0.3) is 0 Å². The summed E-state index contributed by atoms with van der Waals surface area (Å²) >= 11 is 2.02. The molecule has 2 aliphatic rings. The van der Waals surface area contributed by atoms with Crippen molar-refractivity contribution in [2.75, 3.05) is 0 Å². The summed E-state index contributed by atoms with van der Waals surface area (Å²) < 4.78 is 0.680. The van der Waals surface area contributed by atoms with E-state index in [2.05, 4.69) is 20.0 Å². The van der Waals surface area contributed by atoms with Gasteiger partial charge in [-0.05, 0) is 0 Å². The van der Waals surface area contributed by atoms with E-state index in [1.165, 1.54) is 6.34 Å². The van der Waals surface area contributed by atoms with Gasteiger partial charge in [0.15, 0.2) is 15.7 Å². The number of amidine groups is 3. The molecule has 6 heteroatoms. The van der Waals surface area contributed by atoms with Gasteiger partial charge in [0.1, 0.15) is 12.2 Å². The highest BCUT2D eigenvalue weighted by atomic mass is 127. The molecule has 11 heavy (non-hydrogen) atoms. The Balaban J connectivity index is 2.44. The van der Waals surface area contributed by atoms with E-state index in [1.807, 2.05) is 22.6 Å². The predicted molar refractivity (Wildman–Crippen MR) is 52.8 cm³/mol. The first-order valence-electron chi connectivity index (χ1n) is 2.95. The molecule has 0 aromatic rings. The number of hydrogen-bond donors (Lipinski definition) is 1. The average molecular weight is 261 g/mol. The summed E-state index contributed by atoms with van der Waals surface area (Å²) in [5.74, 6) is 1.10. The van der Waals surface area contributed by atoms with Crippen molar-refractivity contribution in [3.63, 3.8) is 0 Å². The second-order valence-electron chi connectivity index (χ2n) is 2.07. The van der Waals surface area contributed by atoms with Crippen LogP contribution in [-0.2, 0) is 0 Å². The lowest BCUT2D eigenvalue weighted by atomic mass is 10.2. The normalized spacial score (nSPS) is 27.4. The van der Waals surface area contributed by atoms with Gasteiger partial charge in [0, 0.05) is 22.6 Å². The van der Waals surface area contributed by atoms with Crippen molar-refractivity contribution in [2.24, 2.45) is 25.7 Å². The highest BCUT2D eigenvalue weighted by Gasteiger charge is 2.26. The van der Waals surface area contributed by atoms with Gasteiger partial charge in [-0.2, -0.15) is 0 Å². The molecular weight excluding hydrogens is 257 g/mol. The van der Waals surface area contributed by atoms with Crippen LogP contribution in [0.1, 0.15) is 0 Å². The summed E-state index contributed by atoms with van der Waals surface area (Å²) in [4.78, 5) is 15.9. The van der Waals surface area contributed by atoms with Gasteiger partial charge in [0.05, 0.1) is 0 Å². The monoisotopic (exact) mass is 261 g/mol. The molecule has 0 bridgehead atoms. The zero-order valence-electron chi connectivity index (χ0n) is 5.40. The van der Waals surface area contributed by atoms with Gasteiger partial charge in [-0.25, -0.2) is 20.0 Å². The zero-order chi connectivity index (χ0) is 7.84. The second-order valence-corrected chi connectivity index (χ2v) is 3.03. The zero-order valence-corrected chi connectivity index (χ0v) is 7.56. The molecule has 0 amide bonds. The van der Waals surface area contributed by atoms with E-state index >= 15 is 0 Å². The molecular formula is C5H4IN5. The maximum absolute atomic E-state index is 5.55. The van der Waals surface area contributed by atoms with E-state index in [0.717, 1.165) is 0 Å². The third kappa shape index (κ3) is 1.06. The van der Waals surface area contributed by atoms with Crippen LogP contribution in [0.5, 0.6) is 0 Å². The van der Waals surface area contributed by atoms with Crippen LogP contribution in [0.4, 0.5) is 0 Å². The highest BCUT2D eigenvalue weighted by Crippen LogP contribution is 2.13. The summed E-state index contributed by atoms with van der Waals surface area (Å²) in [5.41, 5.74) is 5.55. The third-order valence-electron chi connectivity index (χ3n) is 1.36. The fourth-order valence-electron chi connectivity index (χ4n) is 0.872. The summed E-state index contributed by atoms with van der Waals surface area (Å²) in [6, 6.07) is -0.230. The van der Waals surface area contributed by atoms with Crippen LogP contribution in [0.15, 0.2) is 20.0 Å². The van der Waals surface area contributed by atoms with Crippen molar-refractivity contribution in [2.45, 2.75) is 6.04 Å². The van der Waals surface area contributed by atoms with Crippen LogP contribution < -0.4 is 5.73 Å². The number of aliphatic imine (C=N–C) groups is 4. The van der Waals surface area contributed by atoms with Crippen molar-refractivity contribution >= 4 is 44.4 Å². The Morgan fingerprint density at radius 2 is 2.36 bits per heavy atom. The van der Waals surface area contributed by atoms with E-state index in [-0.39, 0.29) is 6.04 Å². The molecule has 1 unspecified atom stereocenters. The number of fused-ring (bicyclic) bond motifs is 1. The van der Waals surface area contributed by atoms with Crippen molar-refractivity contribution in [3.8, 4) is 0 Å². The maximum atomic E-state index is 5.55. The van der Waals surface area contributed by atoms with Gasteiger partial charge in [-0.3, -0.25) is 0 Å². The quantitative estimate of drug-likeness (QED) is 0.482. The van der Waals surface area contributed by atoms with Crippen LogP contribution in [0, 0.1) is 0 Å².